The van der Waals surface area contributed by atoms with Crippen molar-refractivity contribution < 1.29 is 13.9 Å². The molecule has 3 heteroatoms. The molecule has 2 aromatic carbocycles. The first-order chi connectivity index (χ1) is 8.05. The second-order valence-corrected chi connectivity index (χ2v) is 4.06. The van der Waals surface area contributed by atoms with Crippen LogP contribution in [-0.4, -0.2) is 13.1 Å². The number of esters is 1. The van der Waals surface area contributed by atoms with Gasteiger partial charge in [-0.1, -0.05) is 36.4 Å². The van der Waals surface area contributed by atoms with Gasteiger partial charge in [0.05, 0.1) is 7.11 Å². The minimum Gasteiger partial charge on any atom is -0.466 e. The Hall–Kier alpha value is -1.90. The Balaban J connectivity index is 2.53. The molecular weight excluding hydrogens is 219 g/mol. The van der Waals surface area contributed by atoms with E-state index in [2.05, 4.69) is 4.74 Å². The fourth-order valence-corrected chi connectivity index (χ4v) is 1.79. The van der Waals surface area contributed by atoms with E-state index >= 15 is 0 Å². The van der Waals surface area contributed by atoms with Gasteiger partial charge < -0.3 is 4.74 Å². The normalized spacial score (nSPS) is 14.3. The van der Waals surface area contributed by atoms with Crippen molar-refractivity contribution in [2.24, 2.45) is 0 Å². The molecule has 0 N–H and O–H groups in total. The van der Waals surface area contributed by atoms with Crippen LogP contribution in [0.5, 0.6) is 0 Å². The van der Waals surface area contributed by atoms with Crippen LogP contribution in [0.3, 0.4) is 0 Å². The number of alkyl halides is 1. The standard InChI is InChI=1S/C14H13FO2/c1-14(15,13(16)17-2)12-8-7-10-5-3-4-6-11(10)9-12/h3-9H,1-2H3. The van der Waals surface area contributed by atoms with Gasteiger partial charge in [0, 0.05) is 5.56 Å². The van der Waals surface area contributed by atoms with Gasteiger partial charge in [-0.3, -0.25) is 0 Å². The topological polar surface area (TPSA) is 26.3 Å². The van der Waals surface area contributed by atoms with Crippen molar-refractivity contribution in [3.63, 3.8) is 0 Å². The summed E-state index contributed by atoms with van der Waals surface area (Å²) in [5.74, 6) is -0.882. The molecule has 0 aromatic heterocycles. The molecule has 0 bridgehead atoms. The number of benzene rings is 2. The molecule has 2 nitrogen and oxygen atoms in total. The second kappa shape index (κ2) is 4.17. The molecule has 0 saturated heterocycles. The number of rotatable bonds is 2. The van der Waals surface area contributed by atoms with Crippen LogP contribution >= 0.6 is 0 Å². The minimum atomic E-state index is -2.11. The summed E-state index contributed by atoms with van der Waals surface area (Å²) in [6.45, 7) is 1.21. The largest absolute Gasteiger partial charge is 0.466 e. The lowest BCUT2D eigenvalue weighted by atomic mass is 9.95. The summed E-state index contributed by atoms with van der Waals surface area (Å²) in [7, 11) is 1.18. The molecule has 1 unspecified atom stereocenters. The number of fused-ring (bicyclic) bond motifs is 1. The van der Waals surface area contributed by atoms with Crippen LogP contribution in [0.15, 0.2) is 42.5 Å². The van der Waals surface area contributed by atoms with Gasteiger partial charge in [0.25, 0.3) is 0 Å². The van der Waals surface area contributed by atoms with Crippen molar-refractivity contribution in [3.05, 3.63) is 48.0 Å². The molecule has 0 heterocycles. The molecule has 0 saturated carbocycles. The lowest BCUT2D eigenvalue weighted by Crippen LogP contribution is -2.28. The van der Waals surface area contributed by atoms with Crippen LogP contribution in [0.1, 0.15) is 12.5 Å². The average molecular weight is 232 g/mol. The van der Waals surface area contributed by atoms with E-state index in [1.54, 1.807) is 18.2 Å². The number of hydrogen-bond acceptors (Lipinski definition) is 2. The Kier molecular flexibility index (Phi) is 2.84. The van der Waals surface area contributed by atoms with Gasteiger partial charge in [-0.05, 0) is 23.8 Å². The molecule has 0 aliphatic rings. The van der Waals surface area contributed by atoms with Gasteiger partial charge >= 0.3 is 5.97 Å². The smallest absolute Gasteiger partial charge is 0.348 e. The van der Waals surface area contributed by atoms with Crippen LogP contribution in [-0.2, 0) is 15.2 Å². The van der Waals surface area contributed by atoms with Crippen LogP contribution in [0.25, 0.3) is 10.8 Å². The lowest BCUT2D eigenvalue weighted by Gasteiger charge is -2.18. The van der Waals surface area contributed by atoms with E-state index in [1.807, 2.05) is 24.3 Å². The third-order valence-corrected chi connectivity index (χ3v) is 2.86. The molecule has 0 fully saturated rings. The number of ether oxygens (including phenoxy) is 1. The van der Waals surface area contributed by atoms with Crippen molar-refractivity contribution in [2.75, 3.05) is 7.11 Å². The molecule has 88 valence electrons. The summed E-state index contributed by atoms with van der Waals surface area (Å²) in [6, 6.07) is 12.7. The third kappa shape index (κ3) is 2.00. The Morgan fingerprint density at radius 1 is 1.18 bits per heavy atom. The maximum Gasteiger partial charge on any atom is 0.348 e. The summed E-state index contributed by atoms with van der Waals surface area (Å²) >= 11 is 0. The molecule has 0 aliphatic heterocycles. The highest BCUT2D eigenvalue weighted by molar-refractivity contribution is 5.86. The maximum absolute atomic E-state index is 14.3. The zero-order valence-corrected chi connectivity index (χ0v) is 9.74. The maximum atomic E-state index is 14.3. The molecule has 0 spiro atoms. The van der Waals surface area contributed by atoms with E-state index in [0.717, 1.165) is 10.8 Å². The summed E-state index contributed by atoms with van der Waals surface area (Å²) < 4.78 is 18.7. The van der Waals surface area contributed by atoms with E-state index in [-0.39, 0.29) is 0 Å². The summed E-state index contributed by atoms with van der Waals surface area (Å²) in [5.41, 5.74) is -1.80. The molecular formula is C14H13FO2. The van der Waals surface area contributed by atoms with E-state index in [0.29, 0.717) is 5.56 Å². The van der Waals surface area contributed by atoms with Crippen molar-refractivity contribution in [1.29, 1.82) is 0 Å². The van der Waals surface area contributed by atoms with E-state index in [1.165, 1.54) is 14.0 Å². The van der Waals surface area contributed by atoms with Gasteiger partial charge in [0.15, 0.2) is 0 Å². The monoisotopic (exact) mass is 232 g/mol. The Labute approximate surface area is 99.0 Å². The SMILES string of the molecule is COC(=O)C(C)(F)c1ccc2ccccc2c1. The highest BCUT2D eigenvalue weighted by atomic mass is 19.1. The second-order valence-electron chi connectivity index (χ2n) is 4.06. The third-order valence-electron chi connectivity index (χ3n) is 2.86. The molecule has 2 rings (SSSR count). The first kappa shape index (κ1) is 11.6. The average Bonchev–Trinajstić information content (AvgIpc) is 2.37. The van der Waals surface area contributed by atoms with Crippen molar-refractivity contribution >= 4 is 16.7 Å². The van der Waals surface area contributed by atoms with Gasteiger partial charge in [0.1, 0.15) is 0 Å². The number of halogens is 1. The molecule has 17 heavy (non-hydrogen) atoms. The first-order valence-corrected chi connectivity index (χ1v) is 5.32. The molecule has 2 aromatic rings. The number of methoxy groups -OCH3 is 1. The van der Waals surface area contributed by atoms with Crippen LogP contribution in [0.2, 0.25) is 0 Å². The van der Waals surface area contributed by atoms with Gasteiger partial charge in [0.2, 0.25) is 5.67 Å². The van der Waals surface area contributed by atoms with E-state index < -0.39 is 11.6 Å². The van der Waals surface area contributed by atoms with E-state index in [4.69, 9.17) is 0 Å². The van der Waals surface area contributed by atoms with Crippen molar-refractivity contribution in [2.45, 2.75) is 12.6 Å². The highest BCUT2D eigenvalue weighted by Crippen LogP contribution is 2.29. The summed E-state index contributed by atoms with van der Waals surface area (Å²) in [5, 5.41) is 1.91. The van der Waals surface area contributed by atoms with Gasteiger partial charge in [-0.15, -0.1) is 0 Å². The van der Waals surface area contributed by atoms with E-state index in [9.17, 15) is 9.18 Å². The fraction of sp³-hybridized carbons (Fsp3) is 0.214. The Morgan fingerprint density at radius 2 is 1.82 bits per heavy atom. The molecule has 0 aliphatic carbocycles. The van der Waals surface area contributed by atoms with Gasteiger partial charge in [-0.25, -0.2) is 9.18 Å². The lowest BCUT2D eigenvalue weighted by molar-refractivity contribution is -0.154. The molecule has 0 amide bonds. The number of hydrogen-bond donors (Lipinski definition) is 0. The number of carbonyl (C=O) groups is 1. The Morgan fingerprint density at radius 3 is 2.47 bits per heavy atom. The first-order valence-electron chi connectivity index (χ1n) is 5.32. The fourth-order valence-electron chi connectivity index (χ4n) is 1.79. The zero-order valence-electron chi connectivity index (χ0n) is 9.74. The van der Waals surface area contributed by atoms with Crippen molar-refractivity contribution in [1.82, 2.24) is 0 Å². The van der Waals surface area contributed by atoms with Crippen LogP contribution in [0, 0.1) is 0 Å². The Bertz CT molecular complexity index is 561. The zero-order chi connectivity index (χ0) is 12.5. The van der Waals surface area contributed by atoms with Gasteiger partial charge in [-0.2, -0.15) is 0 Å². The summed E-state index contributed by atoms with van der Waals surface area (Å²) in [4.78, 5) is 11.4. The predicted molar refractivity (Wildman–Crippen MR) is 64.4 cm³/mol. The van der Waals surface area contributed by atoms with Crippen molar-refractivity contribution in [3.8, 4) is 0 Å². The molecule has 0 radical (unpaired) electrons. The number of carbonyl (C=O) groups excluding carboxylic acids is 1. The highest BCUT2D eigenvalue weighted by Gasteiger charge is 2.36. The quantitative estimate of drug-likeness (QED) is 0.743. The molecule has 1 atom stereocenters. The predicted octanol–water partition coefficient (Wildman–Crippen LogP) is 3.20. The summed E-state index contributed by atoms with van der Waals surface area (Å²) in [6.07, 6.45) is 0. The van der Waals surface area contributed by atoms with Crippen LogP contribution in [0.4, 0.5) is 4.39 Å². The minimum absolute atomic E-state index is 0.308. The van der Waals surface area contributed by atoms with Crippen LogP contribution < -0.4 is 0 Å².